The molecule has 6 nitrogen and oxygen atoms in total. The third-order valence-electron chi connectivity index (χ3n) is 4.08. The number of amidine groups is 1. The lowest BCUT2D eigenvalue weighted by molar-refractivity contribution is 0.0866. The molecule has 1 N–H and O–H groups in total. The molecule has 1 amide bonds. The number of halogens is 1. The summed E-state index contributed by atoms with van der Waals surface area (Å²) in [6.45, 7) is 4.38. The summed E-state index contributed by atoms with van der Waals surface area (Å²) in [6, 6.07) is 8.22. The molecule has 0 atom stereocenters. The van der Waals surface area contributed by atoms with Crippen LogP contribution in [-0.4, -0.2) is 21.6 Å². The van der Waals surface area contributed by atoms with E-state index in [1.165, 1.54) is 6.07 Å². The number of nitrogens with zero attached hydrogens (tertiary/aromatic N) is 3. The van der Waals surface area contributed by atoms with Gasteiger partial charge in [-0.1, -0.05) is 6.58 Å². The van der Waals surface area contributed by atoms with Gasteiger partial charge in [-0.05, 0) is 48.0 Å². The fraction of sp³-hybridized carbons (Fsp3) is 0.105. The summed E-state index contributed by atoms with van der Waals surface area (Å²) in [6.07, 6.45) is 4.67. The van der Waals surface area contributed by atoms with E-state index in [9.17, 15) is 9.18 Å². The van der Waals surface area contributed by atoms with Crippen LogP contribution in [0.3, 0.4) is 0 Å². The van der Waals surface area contributed by atoms with Crippen LogP contribution >= 0.6 is 0 Å². The average molecular weight is 350 g/mol. The van der Waals surface area contributed by atoms with Crippen LogP contribution in [0.15, 0.2) is 66.1 Å². The fourth-order valence-corrected chi connectivity index (χ4v) is 2.75. The summed E-state index contributed by atoms with van der Waals surface area (Å²) in [4.78, 5) is 18.1. The first-order valence-corrected chi connectivity index (χ1v) is 7.99. The molecule has 7 heteroatoms. The highest BCUT2D eigenvalue weighted by atomic mass is 19.1. The predicted octanol–water partition coefficient (Wildman–Crippen LogP) is 2.74. The average Bonchev–Trinajstić information content (AvgIpc) is 2.98. The Morgan fingerprint density at radius 2 is 2.15 bits per heavy atom. The molecule has 0 fully saturated rings. The smallest absolute Gasteiger partial charge is 0.260 e. The van der Waals surface area contributed by atoms with Crippen LogP contribution in [0, 0.1) is 5.82 Å². The number of allylic oxidation sites excluding steroid dienone is 1. The van der Waals surface area contributed by atoms with Crippen molar-refractivity contribution in [3.8, 4) is 5.75 Å². The van der Waals surface area contributed by atoms with E-state index in [0.717, 1.165) is 11.8 Å². The van der Waals surface area contributed by atoms with Gasteiger partial charge in [0.2, 0.25) is 0 Å². The Morgan fingerprint density at radius 3 is 2.88 bits per heavy atom. The van der Waals surface area contributed by atoms with Crippen molar-refractivity contribution in [2.24, 2.45) is 5.10 Å². The molecule has 4 rings (SSSR count). The fourth-order valence-electron chi connectivity index (χ4n) is 2.75. The first kappa shape index (κ1) is 16.0. The minimum Gasteiger partial charge on any atom is -0.487 e. The van der Waals surface area contributed by atoms with Crippen molar-refractivity contribution in [2.75, 3.05) is 0 Å². The molecule has 0 radical (unpaired) electrons. The first-order valence-electron chi connectivity index (χ1n) is 7.99. The van der Waals surface area contributed by atoms with E-state index in [2.05, 4.69) is 22.1 Å². The van der Waals surface area contributed by atoms with E-state index in [4.69, 9.17) is 4.74 Å². The van der Waals surface area contributed by atoms with Gasteiger partial charge in [0.05, 0.1) is 18.4 Å². The highest BCUT2D eigenvalue weighted by Gasteiger charge is 2.30. The van der Waals surface area contributed by atoms with Crippen LogP contribution in [0.4, 0.5) is 4.39 Å². The molecule has 0 bridgehead atoms. The molecule has 130 valence electrons. The van der Waals surface area contributed by atoms with Crippen LogP contribution in [0.2, 0.25) is 0 Å². The van der Waals surface area contributed by atoms with Crippen molar-refractivity contribution >= 4 is 11.7 Å². The summed E-state index contributed by atoms with van der Waals surface area (Å²) in [7, 11) is 0. The Hall–Kier alpha value is -3.48. The van der Waals surface area contributed by atoms with Gasteiger partial charge < -0.3 is 4.74 Å². The summed E-state index contributed by atoms with van der Waals surface area (Å²) in [5, 5.41) is 4.15. The number of benzene rings is 1. The van der Waals surface area contributed by atoms with E-state index in [1.54, 1.807) is 35.3 Å². The van der Waals surface area contributed by atoms with E-state index >= 15 is 0 Å². The Kier molecular flexibility index (Phi) is 3.96. The summed E-state index contributed by atoms with van der Waals surface area (Å²) in [5.41, 5.74) is 5.54. The van der Waals surface area contributed by atoms with E-state index in [-0.39, 0.29) is 18.3 Å². The number of pyridine rings is 1. The molecule has 0 spiro atoms. The van der Waals surface area contributed by atoms with E-state index in [1.807, 2.05) is 6.07 Å². The number of carbonyl (C=O) groups is 1. The van der Waals surface area contributed by atoms with E-state index < -0.39 is 0 Å². The van der Waals surface area contributed by atoms with Gasteiger partial charge in [0.15, 0.2) is 5.84 Å². The monoisotopic (exact) mass is 350 g/mol. The Labute approximate surface area is 149 Å². The molecule has 1 aromatic carbocycles. The largest absolute Gasteiger partial charge is 0.487 e. The third kappa shape index (κ3) is 3.06. The Bertz CT molecular complexity index is 951. The van der Waals surface area contributed by atoms with Crippen molar-refractivity contribution in [3.63, 3.8) is 0 Å². The molecule has 1 aromatic heterocycles. The van der Waals surface area contributed by atoms with Crippen molar-refractivity contribution in [3.05, 3.63) is 83.6 Å². The van der Waals surface area contributed by atoms with Gasteiger partial charge in [0.25, 0.3) is 5.91 Å². The maximum absolute atomic E-state index is 12.9. The number of ether oxygens (including phenoxy) is 1. The summed E-state index contributed by atoms with van der Waals surface area (Å²) >= 11 is 0. The second-order valence-corrected chi connectivity index (χ2v) is 5.91. The van der Waals surface area contributed by atoms with Gasteiger partial charge in [0, 0.05) is 11.3 Å². The van der Waals surface area contributed by atoms with Gasteiger partial charge in [-0.2, -0.15) is 5.10 Å². The molecule has 26 heavy (non-hydrogen) atoms. The second kappa shape index (κ2) is 6.44. The normalized spacial score (nSPS) is 15.6. The lowest BCUT2D eigenvalue weighted by atomic mass is 10.1. The Balaban J connectivity index is 1.48. The SMILES string of the molecule is C=C1C=CC(N2Cc3cc(OCc4ccc(F)cn4)ccc3C2=O)=NN1. The first-order chi connectivity index (χ1) is 12.6. The van der Waals surface area contributed by atoms with Crippen LogP contribution in [-0.2, 0) is 13.2 Å². The highest BCUT2D eigenvalue weighted by Crippen LogP contribution is 2.28. The molecule has 0 saturated heterocycles. The zero-order chi connectivity index (χ0) is 18.1. The number of aromatic nitrogens is 1. The number of amides is 1. The lowest BCUT2D eigenvalue weighted by Crippen LogP contribution is -2.32. The van der Waals surface area contributed by atoms with Crippen molar-refractivity contribution in [1.29, 1.82) is 0 Å². The second-order valence-electron chi connectivity index (χ2n) is 5.91. The third-order valence-corrected chi connectivity index (χ3v) is 4.08. The lowest BCUT2D eigenvalue weighted by Gasteiger charge is -2.18. The molecule has 0 aliphatic carbocycles. The molecule has 3 heterocycles. The van der Waals surface area contributed by atoms with Crippen molar-refractivity contribution < 1.29 is 13.9 Å². The highest BCUT2D eigenvalue weighted by molar-refractivity contribution is 6.13. The number of nitrogens with one attached hydrogen (secondary N) is 1. The number of rotatable bonds is 3. The quantitative estimate of drug-likeness (QED) is 0.924. The zero-order valence-corrected chi connectivity index (χ0v) is 13.8. The zero-order valence-electron chi connectivity index (χ0n) is 13.8. The predicted molar refractivity (Wildman–Crippen MR) is 93.7 cm³/mol. The van der Waals surface area contributed by atoms with Crippen molar-refractivity contribution in [1.82, 2.24) is 15.3 Å². The van der Waals surface area contributed by atoms with Crippen LogP contribution in [0.25, 0.3) is 0 Å². The minimum absolute atomic E-state index is 0.107. The topological polar surface area (TPSA) is 66.8 Å². The molecular weight excluding hydrogens is 335 g/mol. The standard InChI is InChI=1S/C19H15FN4O2/c1-12-2-7-18(23-22-12)24-10-13-8-16(5-6-17(13)19(24)25)26-11-15-4-3-14(20)9-21-15/h2-9,22H,1,10-11H2. The van der Waals surface area contributed by atoms with Gasteiger partial charge in [-0.15, -0.1) is 0 Å². The summed E-state index contributed by atoms with van der Waals surface area (Å²) in [5.74, 6) is 0.667. The maximum Gasteiger partial charge on any atom is 0.260 e. The Morgan fingerprint density at radius 1 is 1.27 bits per heavy atom. The van der Waals surface area contributed by atoms with Gasteiger partial charge in [0.1, 0.15) is 18.2 Å². The van der Waals surface area contributed by atoms with Crippen molar-refractivity contribution in [2.45, 2.75) is 13.2 Å². The number of carbonyl (C=O) groups excluding carboxylic acids is 1. The van der Waals surface area contributed by atoms with E-state index in [0.29, 0.717) is 35.1 Å². The molecule has 0 saturated carbocycles. The molecule has 2 aliphatic rings. The number of hydrogen-bond acceptors (Lipinski definition) is 5. The maximum atomic E-state index is 12.9. The molecule has 0 unspecified atom stereocenters. The number of fused-ring (bicyclic) bond motifs is 1. The van der Waals surface area contributed by atoms with Gasteiger partial charge in [-0.3, -0.25) is 20.1 Å². The van der Waals surface area contributed by atoms with Gasteiger partial charge in [-0.25, -0.2) is 4.39 Å². The molecular formula is C19H15FN4O2. The summed E-state index contributed by atoms with van der Waals surface area (Å²) < 4.78 is 18.6. The van der Waals surface area contributed by atoms with Gasteiger partial charge >= 0.3 is 0 Å². The number of hydrogen-bond donors (Lipinski definition) is 1. The molecule has 2 aromatic rings. The van der Waals surface area contributed by atoms with Crippen LogP contribution in [0.1, 0.15) is 21.6 Å². The minimum atomic E-state index is -0.386. The van der Waals surface area contributed by atoms with Crippen LogP contribution in [0.5, 0.6) is 5.75 Å². The van der Waals surface area contributed by atoms with Crippen LogP contribution < -0.4 is 10.2 Å². The molecule has 2 aliphatic heterocycles. The number of hydrazone groups is 1.